The predicted octanol–water partition coefficient (Wildman–Crippen LogP) is 3.20. The summed E-state index contributed by atoms with van der Waals surface area (Å²) in [4.78, 5) is 0. The fourth-order valence-electron chi connectivity index (χ4n) is 2.34. The highest BCUT2D eigenvalue weighted by atomic mass is 19.3. The summed E-state index contributed by atoms with van der Waals surface area (Å²) >= 11 is 0. The van der Waals surface area contributed by atoms with Crippen LogP contribution in [0.2, 0.25) is 0 Å². The third-order valence-corrected chi connectivity index (χ3v) is 3.37. The van der Waals surface area contributed by atoms with Crippen LogP contribution in [0.5, 0.6) is 0 Å². The lowest BCUT2D eigenvalue weighted by Crippen LogP contribution is -2.49. The SMILES string of the molecule is CCCNC1(C(F)F)CCC(CC)C1. The van der Waals surface area contributed by atoms with Crippen LogP contribution in [0.25, 0.3) is 0 Å². The van der Waals surface area contributed by atoms with Gasteiger partial charge in [-0.05, 0) is 38.1 Å². The maximum atomic E-state index is 13.0. The van der Waals surface area contributed by atoms with Crippen molar-refractivity contribution >= 4 is 0 Å². The van der Waals surface area contributed by atoms with Crippen molar-refractivity contribution < 1.29 is 8.78 Å². The summed E-state index contributed by atoms with van der Waals surface area (Å²) in [7, 11) is 0. The van der Waals surface area contributed by atoms with E-state index in [1.54, 1.807) is 0 Å². The largest absolute Gasteiger partial charge is 0.306 e. The van der Waals surface area contributed by atoms with Crippen LogP contribution >= 0.6 is 0 Å². The molecule has 1 aliphatic rings. The molecule has 0 heterocycles. The van der Waals surface area contributed by atoms with Crippen molar-refractivity contribution in [3.05, 3.63) is 0 Å². The zero-order chi connectivity index (χ0) is 10.6. The summed E-state index contributed by atoms with van der Waals surface area (Å²) in [6, 6.07) is 0. The molecule has 1 fully saturated rings. The zero-order valence-electron chi connectivity index (χ0n) is 9.15. The molecule has 14 heavy (non-hydrogen) atoms. The second-order valence-corrected chi connectivity index (χ2v) is 4.40. The molecule has 0 amide bonds. The van der Waals surface area contributed by atoms with Gasteiger partial charge in [-0.1, -0.05) is 20.3 Å². The molecule has 0 spiro atoms. The summed E-state index contributed by atoms with van der Waals surface area (Å²) in [5, 5.41) is 3.06. The first-order chi connectivity index (χ1) is 6.64. The molecule has 0 aromatic rings. The van der Waals surface area contributed by atoms with Gasteiger partial charge in [-0.15, -0.1) is 0 Å². The molecule has 2 atom stereocenters. The zero-order valence-corrected chi connectivity index (χ0v) is 9.15. The van der Waals surface area contributed by atoms with Crippen molar-refractivity contribution in [1.29, 1.82) is 0 Å². The molecule has 1 saturated carbocycles. The van der Waals surface area contributed by atoms with E-state index in [9.17, 15) is 8.78 Å². The first kappa shape index (κ1) is 11.9. The maximum absolute atomic E-state index is 13.0. The van der Waals surface area contributed by atoms with Crippen LogP contribution in [0, 0.1) is 5.92 Å². The summed E-state index contributed by atoms with van der Waals surface area (Å²) in [6.07, 6.45) is 1.99. The van der Waals surface area contributed by atoms with E-state index in [-0.39, 0.29) is 0 Å². The topological polar surface area (TPSA) is 12.0 Å². The Hall–Kier alpha value is -0.180. The highest BCUT2D eigenvalue weighted by Gasteiger charge is 2.45. The molecule has 0 aromatic carbocycles. The average Bonchev–Trinajstić information content (AvgIpc) is 2.59. The first-order valence-corrected chi connectivity index (χ1v) is 5.67. The van der Waals surface area contributed by atoms with E-state index in [2.05, 4.69) is 12.2 Å². The van der Waals surface area contributed by atoms with E-state index in [0.717, 1.165) is 19.3 Å². The summed E-state index contributed by atoms with van der Waals surface area (Å²) < 4.78 is 25.9. The molecule has 1 aliphatic carbocycles. The van der Waals surface area contributed by atoms with Gasteiger partial charge in [0.15, 0.2) is 0 Å². The van der Waals surface area contributed by atoms with Gasteiger partial charge < -0.3 is 5.32 Å². The molecule has 1 rings (SSSR count). The van der Waals surface area contributed by atoms with Crippen LogP contribution in [0.3, 0.4) is 0 Å². The van der Waals surface area contributed by atoms with Crippen molar-refractivity contribution in [1.82, 2.24) is 5.32 Å². The molecule has 0 aliphatic heterocycles. The lowest BCUT2D eigenvalue weighted by molar-refractivity contribution is 0.0309. The van der Waals surface area contributed by atoms with Crippen molar-refractivity contribution in [3.63, 3.8) is 0 Å². The Morgan fingerprint density at radius 2 is 2.14 bits per heavy atom. The molecule has 2 unspecified atom stereocenters. The Morgan fingerprint density at radius 1 is 1.43 bits per heavy atom. The van der Waals surface area contributed by atoms with Gasteiger partial charge in [0.2, 0.25) is 0 Å². The number of hydrogen-bond donors (Lipinski definition) is 1. The quantitative estimate of drug-likeness (QED) is 0.726. The first-order valence-electron chi connectivity index (χ1n) is 5.67. The van der Waals surface area contributed by atoms with Crippen molar-refractivity contribution in [2.75, 3.05) is 6.54 Å². The van der Waals surface area contributed by atoms with Crippen LogP contribution in [-0.2, 0) is 0 Å². The summed E-state index contributed by atoms with van der Waals surface area (Å²) in [5.41, 5.74) is -0.864. The molecule has 3 heteroatoms. The van der Waals surface area contributed by atoms with E-state index in [0.29, 0.717) is 25.3 Å². The highest BCUT2D eigenvalue weighted by molar-refractivity contribution is 4.97. The van der Waals surface area contributed by atoms with Crippen LogP contribution in [0.1, 0.15) is 46.0 Å². The molecule has 0 radical (unpaired) electrons. The Balaban J connectivity index is 2.55. The van der Waals surface area contributed by atoms with Gasteiger partial charge in [-0.25, -0.2) is 8.78 Å². The molecule has 1 nitrogen and oxygen atoms in total. The minimum atomic E-state index is -2.22. The smallest absolute Gasteiger partial charge is 0.256 e. The fourth-order valence-corrected chi connectivity index (χ4v) is 2.34. The highest BCUT2D eigenvalue weighted by Crippen LogP contribution is 2.40. The number of halogens is 2. The van der Waals surface area contributed by atoms with E-state index < -0.39 is 12.0 Å². The van der Waals surface area contributed by atoms with Crippen LogP contribution in [0.15, 0.2) is 0 Å². The number of hydrogen-bond acceptors (Lipinski definition) is 1. The van der Waals surface area contributed by atoms with Crippen LogP contribution in [-0.4, -0.2) is 18.5 Å². The Labute approximate surface area is 85.3 Å². The second kappa shape index (κ2) is 5.06. The maximum Gasteiger partial charge on any atom is 0.256 e. The van der Waals surface area contributed by atoms with Gasteiger partial charge in [0.05, 0.1) is 5.54 Å². The molecule has 0 aromatic heterocycles. The second-order valence-electron chi connectivity index (χ2n) is 4.40. The van der Waals surface area contributed by atoms with Gasteiger partial charge >= 0.3 is 0 Å². The van der Waals surface area contributed by atoms with Gasteiger partial charge in [0, 0.05) is 0 Å². The monoisotopic (exact) mass is 205 g/mol. The third kappa shape index (κ3) is 2.44. The lowest BCUT2D eigenvalue weighted by atomic mass is 9.95. The molecular formula is C11H21F2N. The Kier molecular flexibility index (Phi) is 4.30. The van der Waals surface area contributed by atoms with E-state index in [4.69, 9.17) is 0 Å². The minimum absolute atomic E-state index is 0.494. The van der Waals surface area contributed by atoms with Crippen LogP contribution in [0.4, 0.5) is 8.78 Å². The average molecular weight is 205 g/mol. The van der Waals surface area contributed by atoms with Gasteiger partial charge in [-0.3, -0.25) is 0 Å². The molecule has 0 bridgehead atoms. The lowest BCUT2D eigenvalue weighted by Gasteiger charge is -2.30. The molecular weight excluding hydrogens is 184 g/mol. The number of nitrogens with one attached hydrogen (secondary N) is 1. The normalized spacial score (nSPS) is 32.8. The predicted molar refractivity (Wildman–Crippen MR) is 54.7 cm³/mol. The van der Waals surface area contributed by atoms with Gasteiger partial charge in [-0.2, -0.15) is 0 Å². The van der Waals surface area contributed by atoms with Gasteiger partial charge in [0.1, 0.15) is 0 Å². The van der Waals surface area contributed by atoms with Crippen molar-refractivity contribution in [3.8, 4) is 0 Å². The minimum Gasteiger partial charge on any atom is -0.306 e. The molecule has 84 valence electrons. The molecule has 1 N–H and O–H groups in total. The molecule has 0 saturated heterocycles. The standard InChI is InChI=1S/C11H21F2N/c1-3-7-14-11(10(12)13)6-5-9(4-2)8-11/h9-10,14H,3-8H2,1-2H3. The number of rotatable bonds is 5. The van der Waals surface area contributed by atoms with E-state index in [1.165, 1.54) is 0 Å². The summed E-state index contributed by atoms with van der Waals surface area (Å²) in [5.74, 6) is 0.494. The van der Waals surface area contributed by atoms with Crippen LogP contribution < -0.4 is 5.32 Å². The van der Waals surface area contributed by atoms with E-state index >= 15 is 0 Å². The van der Waals surface area contributed by atoms with Gasteiger partial charge in [0.25, 0.3) is 6.43 Å². The Bertz CT molecular complexity index is 173. The number of alkyl halides is 2. The third-order valence-electron chi connectivity index (χ3n) is 3.37. The fraction of sp³-hybridized carbons (Fsp3) is 1.00. The van der Waals surface area contributed by atoms with Crippen molar-refractivity contribution in [2.24, 2.45) is 5.92 Å². The Morgan fingerprint density at radius 3 is 2.57 bits per heavy atom. The van der Waals surface area contributed by atoms with E-state index in [1.807, 2.05) is 6.92 Å². The summed E-state index contributed by atoms with van der Waals surface area (Å²) in [6.45, 7) is 4.81. The van der Waals surface area contributed by atoms with Crippen molar-refractivity contribution in [2.45, 2.75) is 57.9 Å².